The number of aromatic nitrogens is 1. The fourth-order valence-electron chi connectivity index (χ4n) is 4.00. The zero-order chi connectivity index (χ0) is 16.3. The van der Waals surface area contributed by atoms with E-state index in [2.05, 4.69) is 11.9 Å². The van der Waals surface area contributed by atoms with E-state index < -0.39 is 0 Å². The Hall–Kier alpha value is -1.78. The Labute approximate surface area is 138 Å². The molecule has 0 saturated carbocycles. The van der Waals surface area contributed by atoms with E-state index in [0.29, 0.717) is 12.1 Å². The van der Waals surface area contributed by atoms with Crippen LogP contribution in [0.1, 0.15) is 55.9 Å². The van der Waals surface area contributed by atoms with Crippen LogP contribution in [0.15, 0.2) is 18.3 Å². The molecule has 0 aliphatic carbocycles. The van der Waals surface area contributed by atoms with E-state index in [-0.39, 0.29) is 17.2 Å². The van der Waals surface area contributed by atoms with E-state index in [1.54, 1.807) is 6.20 Å². The maximum Gasteiger partial charge on any atom is 0.270 e. The maximum atomic E-state index is 12.6. The van der Waals surface area contributed by atoms with Gasteiger partial charge in [0.2, 0.25) is 5.91 Å². The van der Waals surface area contributed by atoms with Crippen LogP contribution in [-0.4, -0.2) is 52.8 Å². The third kappa shape index (κ3) is 3.43. The zero-order valence-corrected chi connectivity index (χ0v) is 14.0. The SMILES string of the molecule is CCCCN1C[C@]2(CCCN(C(=O)c3ccc[nH]3)C2)CCC1=O. The van der Waals surface area contributed by atoms with Crippen LogP contribution >= 0.6 is 0 Å². The van der Waals surface area contributed by atoms with Gasteiger partial charge in [-0.3, -0.25) is 9.59 Å². The first-order chi connectivity index (χ1) is 11.1. The minimum atomic E-state index is 0.0890. The highest BCUT2D eigenvalue weighted by Crippen LogP contribution is 2.39. The van der Waals surface area contributed by atoms with Crippen LogP contribution in [0.25, 0.3) is 0 Å². The number of carbonyl (C=O) groups is 2. The van der Waals surface area contributed by atoms with Crippen molar-refractivity contribution in [3.05, 3.63) is 24.0 Å². The minimum Gasteiger partial charge on any atom is -0.357 e. The number of likely N-dealkylation sites (tertiary alicyclic amines) is 2. The van der Waals surface area contributed by atoms with Gasteiger partial charge in [0.15, 0.2) is 0 Å². The summed E-state index contributed by atoms with van der Waals surface area (Å²) in [7, 11) is 0. The minimum absolute atomic E-state index is 0.0890. The molecule has 0 aromatic carbocycles. The topological polar surface area (TPSA) is 56.4 Å². The first kappa shape index (κ1) is 16.1. The monoisotopic (exact) mass is 317 g/mol. The summed E-state index contributed by atoms with van der Waals surface area (Å²) in [6.07, 6.45) is 7.66. The Kier molecular flexibility index (Phi) is 4.74. The molecule has 0 unspecified atom stereocenters. The van der Waals surface area contributed by atoms with Crippen molar-refractivity contribution >= 4 is 11.8 Å². The smallest absolute Gasteiger partial charge is 0.270 e. The average molecular weight is 317 g/mol. The lowest BCUT2D eigenvalue weighted by atomic mass is 9.73. The molecular formula is C18H27N3O2. The largest absolute Gasteiger partial charge is 0.357 e. The molecule has 1 N–H and O–H groups in total. The Balaban J connectivity index is 1.69. The van der Waals surface area contributed by atoms with Crippen molar-refractivity contribution in [1.29, 1.82) is 0 Å². The molecule has 1 aromatic heterocycles. The lowest BCUT2D eigenvalue weighted by Crippen LogP contribution is -2.55. The van der Waals surface area contributed by atoms with Gasteiger partial charge in [-0.15, -0.1) is 0 Å². The normalized spacial score (nSPS) is 25.2. The van der Waals surface area contributed by atoms with Gasteiger partial charge in [-0.05, 0) is 37.8 Å². The van der Waals surface area contributed by atoms with Gasteiger partial charge in [-0.1, -0.05) is 13.3 Å². The van der Waals surface area contributed by atoms with Crippen molar-refractivity contribution in [3.63, 3.8) is 0 Å². The molecule has 5 heteroatoms. The molecule has 1 atom stereocenters. The second kappa shape index (κ2) is 6.77. The standard InChI is InChI=1S/C18H27N3O2/c1-2-3-11-20-13-18(9-7-16(20)22)8-5-12-21(14-18)17(23)15-6-4-10-19-15/h4,6,10,19H,2-3,5,7-9,11-14H2,1H3/t18-/m0/s1. The summed E-state index contributed by atoms with van der Waals surface area (Å²) in [5, 5.41) is 0. The summed E-state index contributed by atoms with van der Waals surface area (Å²) in [5.41, 5.74) is 0.763. The van der Waals surface area contributed by atoms with Crippen molar-refractivity contribution in [2.45, 2.75) is 45.4 Å². The van der Waals surface area contributed by atoms with Crippen LogP contribution in [0.2, 0.25) is 0 Å². The lowest BCUT2D eigenvalue weighted by molar-refractivity contribution is -0.139. The fourth-order valence-corrected chi connectivity index (χ4v) is 4.00. The second-order valence-electron chi connectivity index (χ2n) is 7.08. The summed E-state index contributed by atoms with van der Waals surface area (Å²) >= 11 is 0. The molecule has 23 heavy (non-hydrogen) atoms. The summed E-state index contributed by atoms with van der Waals surface area (Å²) in [5.74, 6) is 0.378. The van der Waals surface area contributed by atoms with Crippen molar-refractivity contribution < 1.29 is 9.59 Å². The molecular weight excluding hydrogens is 290 g/mol. The predicted octanol–water partition coefficient (Wildman–Crippen LogP) is 2.66. The maximum absolute atomic E-state index is 12.6. The highest BCUT2D eigenvalue weighted by Gasteiger charge is 2.42. The van der Waals surface area contributed by atoms with Gasteiger partial charge in [0, 0.05) is 44.2 Å². The van der Waals surface area contributed by atoms with Gasteiger partial charge in [0.25, 0.3) is 5.91 Å². The van der Waals surface area contributed by atoms with Gasteiger partial charge in [0.05, 0.1) is 0 Å². The van der Waals surface area contributed by atoms with Crippen molar-refractivity contribution in [3.8, 4) is 0 Å². The highest BCUT2D eigenvalue weighted by molar-refractivity contribution is 5.92. The first-order valence-corrected chi connectivity index (χ1v) is 8.84. The fraction of sp³-hybridized carbons (Fsp3) is 0.667. The summed E-state index contributed by atoms with van der Waals surface area (Å²) in [6.45, 7) is 5.44. The Morgan fingerprint density at radius 2 is 2.22 bits per heavy atom. The van der Waals surface area contributed by atoms with Crippen molar-refractivity contribution in [2.24, 2.45) is 5.41 Å². The van der Waals surface area contributed by atoms with Crippen LogP contribution in [0.4, 0.5) is 0 Å². The average Bonchev–Trinajstić information content (AvgIpc) is 3.10. The number of aromatic amines is 1. The number of H-pyrrole nitrogens is 1. The van der Waals surface area contributed by atoms with E-state index >= 15 is 0 Å². The summed E-state index contributed by atoms with van der Waals surface area (Å²) in [4.78, 5) is 31.8. The molecule has 2 aliphatic rings. The molecule has 2 saturated heterocycles. The van der Waals surface area contributed by atoms with E-state index in [1.165, 1.54) is 0 Å². The van der Waals surface area contributed by atoms with Crippen molar-refractivity contribution in [1.82, 2.24) is 14.8 Å². The van der Waals surface area contributed by atoms with E-state index in [1.807, 2.05) is 21.9 Å². The molecule has 2 amide bonds. The van der Waals surface area contributed by atoms with E-state index in [9.17, 15) is 9.59 Å². The Morgan fingerprint density at radius 3 is 2.96 bits per heavy atom. The zero-order valence-electron chi connectivity index (χ0n) is 14.0. The van der Waals surface area contributed by atoms with Gasteiger partial charge in [-0.25, -0.2) is 0 Å². The van der Waals surface area contributed by atoms with Crippen LogP contribution in [-0.2, 0) is 4.79 Å². The van der Waals surface area contributed by atoms with Gasteiger partial charge in [0.1, 0.15) is 5.69 Å². The van der Waals surface area contributed by atoms with Crippen LogP contribution < -0.4 is 0 Å². The summed E-state index contributed by atoms with van der Waals surface area (Å²) in [6, 6.07) is 3.69. The van der Waals surface area contributed by atoms with Gasteiger partial charge >= 0.3 is 0 Å². The van der Waals surface area contributed by atoms with Crippen LogP contribution in [0, 0.1) is 5.41 Å². The third-order valence-corrected chi connectivity index (χ3v) is 5.31. The molecule has 3 heterocycles. The number of rotatable bonds is 4. The number of carbonyl (C=O) groups excluding carboxylic acids is 2. The van der Waals surface area contributed by atoms with Gasteiger partial charge in [-0.2, -0.15) is 0 Å². The molecule has 2 fully saturated rings. The molecule has 3 rings (SSSR count). The second-order valence-corrected chi connectivity index (χ2v) is 7.08. The number of hydrogen-bond acceptors (Lipinski definition) is 2. The lowest BCUT2D eigenvalue weighted by Gasteiger charge is -2.48. The molecule has 0 radical (unpaired) electrons. The quantitative estimate of drug-likeness (QED) is 0.928. The van der Waals surface area contributed by atoms with E-state index in [4.69, 9.17) is 0 Å². The molecule has 2 aliphatic heterocycles. The van der Waals surface area contributed by atoms with Crippen LogP contribution in [0.3, 0.4) is 0 Å². The Bertz CT molecular complexity index is 555. The predicted molar refractivity (Wildman–Crippen MR) is 89.1 cm³/mol. The number of nitrogens with one attached hydrogen (secondary N) is 1. The Morgan fingerprint density at radius 1 is 1.35 bits per heavy atom. The molecule has 5 nitrogen and oxygen atoms in total. The number of amides is 2. The highest BCUT2D eigenvalue weighted by atomic mass is 16.2. The number of unbranched alkanes of at least 4 members (excludes halogenated alkanes) is 1. The van der Waals surface area contributed by atoms with Crippen LogP contribution in [0.5, 0.6) is 0 Å². The third-order valence-electron chi connectivity index (χ3n) is 5.31. The molecule has 1 spiro atoms. The number of hydrogen-bond donors (Lipinski definition) is 1. The van der Waals surface area contributed by atoms with Gasteiger partial charge < -0.3 is 14.8 Å². The number of nitrogens with zero attached hydrogens (tertiary/aromatic N) is 2. The molecule has 126 valence electrons. The van der Waals surface area contributed by atoms with E-state index in [0.717, 1.165) is 58.3 Å². The van der Waals surface area contributed by atoms with Crippen molar-refractivity contribution in [2.75, 3.05) is 26.2 Å². The first-order valence-electron chi connectivity index (χ1n) is 8.84. The molecule has 1 aromatic rings. The summed E-state index contributed by atoms with van der Waals surface area (Å²) < 4.78 is 0. The number of piperidine rings is 2. The molecule has 0 bridgehead atoms.